The van der Waals surface area contributed by atoms with Crippen LogP contribution in [0.2, 0.25) is 0 Å². The summed E-state index contributed by atoms with van der Waals surface area (Å²) < 4.78 is 5.37. The molecule has 1 heterocycles. The van der Waals surface area contributed by atoms with Gasteiger partial charge < -0.3 is 20.3 Å². The minimum Gasteiger partial charge on any atom is -0.497 e. The second-order valence-corrected chi connectivity index (χ2v) is 8.97. The minimum atomic E-state index is -0.681. The first kappa shape index (κ1) is 24.7. The molecule has 2 aromatic carbocycles. The highest BCUT2D eigenvalue weighted by Gasteiger charge is 2.47. The first-order valence-electron chi connectivity index (χ1n) is 12.3. The van der Waals surface area contributed by atoms with Gasteiger partial charge >= 0.3 is 0 Å². The number of hydrogen-bond acceptors (Lipinski definition) is 5. The Kier molecular flexibility index (Phi) is 7.70. The number of ether oxygens (including phenoxy) is 1. The van der Waals surface area contributed by atoms with Gasteiger partial charge in [0.2, 0.25) is 11.8 Å². The van der Waals surface area contributed by atoms with Crippen LogP contribution >= 0.6 is 0 Å². The van der Waals surface area contributed by atoms with Crippen molar-refractivity contribution in [3.63, 3.8) is 0 Å². The second-order valence-electron chi connectivity index (χ2n) is 8.97. The van der Waals surface area contributed by atoms with Crippen LogP contribution in [0.15, 0.2) is 48.5 Å². The van der Waals surface area contributed by atoms with E-state index in [-0.39, 0.29) is 36.3 Å². The average molecular weight is 479 g/mol. The third-order valence-corrected chi connectivity index (χ3v) is 6.83. The van der Waals surface area contributed by atoms with E-state index in [1.165, 1.54) is 0 Å². The molecule has 2 N–H and O–H groups in total. The Balaban J connectivity index is 1.39. The number of carbonyl (C=O) groups excluding carboxylic acids is 3. The van der Waals surface area contributed by atoms with E-state index in [2.05, 4.69) is 29.4 Å². The van der Waals surface area contributed by atoms with Gasteiger partial charge in [-0.05, 0) is 55.3 Å². The topological polar surface area (TPSA) is 91.0 Å². The standard InChI is InChI=1S/C27H34N4O4/c1-4-30(5-2)23(18-9-8-10-20(15-18)35-3)16-28-24(32)17-29-26(33)25-21-11-6-7-12-22(21)27(34)31(25)19-13-14-19/h6-12,15,19,23,25H,4-5,13-14,16-17H2,1-3H3,(H,28,32)(H,29,33). The molecule has 0 saturated heterocycles. The number of fused-ring (bicyclic) bond motifs is 1. The predicted molar refractivity (Wildman–Crippen MR) is 133 cm³/mol. The molecular weight excluding hydrogens is 444 g/mol. The van der Waals surface area contributed by atoms with Crippen LogP contribution in [0, 0.1) is 0 Å². The molecule has 2 unspecified atom stereocenters. The lowest BCUT2D eigenvalue weighted by Crippen LogP contribution is -2.45. The van der Waals surface area contributed by atoms with Gasteiger partial charge in [0, 0.05) is 18.2 Å². The van der Waals surface area contributed by atoms with Crippen LogP contribution in [0.5, 0.6) is 5.75 Å². The van der Waals surface area contributed by atoms with Gasteiger partial charge in [-0.15, -0.1) is 0 Å². The number of methoxy groups -OCH3 is 1. The highest BCUT2D eigenvalue weighted by molar-refractivity contribution is 6.05. The molecule has 4 rings (SSSR count). The summed E-state index contributed by atoms with van der Waals surface area (Å²) in [5, 5.41) is 5.73. The van der Waals surface area contributed by atoms with Crippen LogP contribution in [0.3, 0.4) is 0 Å². The lowest BCUT2D eigenvalue weighted by Gasteiger charge is -2.30. The lowest BCUT2D eigenvalue weighted by atomic mass is 10.0. The van der Waals surface area contributed by atoms with Gasteiger partial charge in [-0.25, -0.2) is 0 Å². The number of hydrogen-bond donors (Lipinski definition) is 2. The normalized spacial score (nSPS) is 17.8. The van der Waals surface area contributed by atoms with Crippen LogP contribution in [-0.2, 0) is 9.59 Å². The van der Waals surface area contributed by atoms with Crippen molar-refractivity contribution in [2.24, 2.45) is 0 Å². The molecule has 0 bridgehead atoms. The number of likely N-dealkylation sites (N-methyl/N-ethyl adjacent to an activating group) is 1. The van der Waals surface area contributed by atoms with Gasteiger partial charge in [-0.1, -0.05) is 44.2 Å². The number of nitrogens with one attached hydrogen (secondary N) is 2. The van der Waals surface area contributed by atoms with Crippen molar-refractivity contribution < 1.29 is 19.1 Å². The summed E-state index contributed by atoms with van der Waals surface area (Å²) in [7, 11) is 1.64. The Bertz CT molecular complexity index is 1080. The van der Waals surface area contributed by atoms with Crippen molar-refractivity contribution in [2.45, 2.75) is 44.8 Å². The van der Waals surface area contributed by atoms with Crippen LogP contribution in [0.25, 0.3) is 0 Å². The van der Waals surface area contributed by atoms with E-state index in [1.54, 1.807) is 18.1 Å². The fourth-order valence-corrected chi connectivity index (χ4v) is 4.84. The fraction of sp³-hybridized carbons (Fsp3) is 0.444. The van der Waals surface area contributed by atoms with Crippen molar-refractivity contribution in [1.82, 2.24) is 20.4 Å². The first-order valence-corrected chi connectivity index (χ1v) is 12.3. The van der Waals surface area contributed by atoms with Gasteiger partial charge in [-0.3, -0.25) is 19.3 Å². The largest absolute Gasteiger partial charge is 0.497 e. The number of rotatable bonds is 11. The van der Waals surface area contributed by atoms with E-state index < -0.39 is 6.04 Å². The molecule has 1 aliphatic heterocycles. The summed E-state index contributed by atoms with van der Waals surface area (Å²) in [6.07, 6.45) is 1.81. The van der Waals surface area contributed by atoms with Crippen molar-refractivity contribution in [3.05, 3.63) is 65.2 Å². The first-order chi connectivity index (χ1) is 17.0. The molecule has 35 heavy (non-hydrogen) atoms. The van der Waals surface area contributed by atoms with E-state index in [0.29, 0.717) is 17.7 Å². The van der Waals surface area contributed by atoms with Gasteiger partial charge in [-0.2, -0.15) is 0 Å². The Morgan fingerprint density at radius 3 is 2.51 bits per heavy atom. The highest BCUT2D eigenvalue weighted by Crippen LogP contribution is 2.41. The predicted octanol–water partition coefficient (Wildman–Crippen LogP) is 2.67. The summed E-state index contributed by atoms with van der Waals surface area (Å²) >= 11 is 0. The van der Waals surface area contributed by atoms with Gasteiger partial charge in [0.1, 0.15) is 11.8 Å². The van der Waals surface area contributed by atoms with Crippen molar-refractivity contribution in [2.75, 3.05) is 33.3 Å². The number of amides is 3. The highest BCUT2D eigenvalue weighted by atomic mass is 16.5. The summed E-state index contributed by atoms with van der Waals surface area (Å²) in [5.74, 6) is 0.0744. The zero-order valence-corrected chi connectivity index (χ0v) is 20.6. The molecule has 1 aliphatic carbocycles. The molecule has 2 aromatic rings. The Morgan fingerprint density at radius 2 is 1.83 bits per heavy atom. The second kappa shape index (κ2) is 10.9. The van der Waals surface area contributed by atoms with E-state index in [4.69, 9.17) is 4.74 Å². The molecule has 8 heteroatoms. The summed E-state index contributed by atoms with van der Waals surface area (Å²) in [4.78, 5) is 42.6. The molecule has 1 fully saturated rings. The molecule has 0 radical (unpaired) electrons. The monoisotopic (exact) mass is 478 g/mol. The zero-order chi connectivity index (χ0) is 24.9. The van der Waals surface area contributed by atoms with Crippen molar-refractivity contribution in [3.8, 4) is 5.75 Å². The van der Waals surface area contributed by atoms with Crippen LogP contribution < -0.4 is 15.4 Å². The summed E-state index contributed by atoms with van der Waals surface area (Å²) in [5.41, 5.74) is 2.34. The Labute approximate surface area is 206 Å². The van der Waals surface area contributed by atoms with E-state index in [0.717, 1.165) is 37.2 Å². The smallest absolute Gasteiger partial charge is 0.255 e. The van der Waals surface area contributed by atoms with Crippen molar-refractivity contribution >= 4 is 17.7 Å². The molecule has 2 atom stereocenters. The lowest BCUT2D eigenvalue weighted by molar-refractivity contribution is -0.129. The van der Waals surface area contributed by atoms with Crippen LogP contribution in [-0.4, -0.2) is 66.9 Å². The third kappa shape index (κ3) is 5.32. The minimum absolute atomic E-state index is 0.0237. The zero-order valence-electron chi connectivity index (χ0n) is 20.6. The van der Waals surface area contributed by atoms with Gasteiger partial charge in [0.15, 0.2) is 0 Å². The average Bonchev–Trinajstić information content (AvgIpc) is 3.68. The SMILES string of the molecule is CCN(CC)C(CNC(=O)CNC(=O)C1c2ccccc2C(=O)N1C1CC1)c1cccc(OC)c1. The maximum absolute atomic E-state index is 13.1. The summed E-state index contributed by atoms with van der Waals surface area (Å²) in [6, 6.07) is 14.5. The fourth-order valence-electron chi connectivity index (χ4n) is 4.84. The molecule has 0 aromatic heterocycles. The molecule has 8 nitrogen and oxygen atoms in total. The molecule has 3 amide bonds. The number of nitrogens with zero attached hydrogens (tertiary/aromatic N) is 2. The maximum atomic E-state index is 13.1. The van der Waals surface area contributed by atoms with Gasteiger partial charge in [0.05, 0.1) is 19.7 Å². The molecule has 1 saturated carbocycles. The number of benzene rings is 2. The maximum Gasteiger partial charge on any atom is 0.255 e. The molecule has 0 spiro atoms. The van der Waals surface area contributed by atoms with Crippen LogP contribution in [0.4, 0.5) is 0 Å². The molecule has 186 valence electrons. The quantitative estimate of drug-likeness (QED) is 0.518. The van der Waals surface area contributed by atoms with Gasteiger partial charge in [0.25, 0.3) is 5.91 Å². The molecular formula is C27H34N4O4. The van der Waals surface area contributed by atoms with Crippen LogP contribution in [0.1, 0.15) is 60.3 Å². The van der Waals surface area contributed by atoms with E-state index in [9.17, 15) is 14.4 Å². The number of carbonyl (C=O) groups is 3. The van der Waals surface area contributed by atoms with Crippen molar-refractivity contribution in [1.29, 1.82) is 0 Å². The third-order valence-electron chi connectivity index (χ3n) is 6.83. The Hall–Kier alpha value is -3.39. The summed E-state index contributed by atoms with van der Waals surface area (Å²) in [6.45, 7) is 6.10. The Morgan fingerprint density at radius 1 is 1.09 bits per heavy atom. The van der Waals surface area contributed by atoms with E-state index in [1.807, 2.05) is 42.5 Å². The molecule has 2 aliphatic rings. The van der Waals surface area contributed by atoms with E-state index >= 15 is 0 Å².